The first kappa shape index (κ1) is 18.0. The zero-order chi connectivity index (χ0) is 17.6. The van der Waals surface area contributed by atoms with Gasteiger partial charge in [-0.05, 0) is 45.4 Å². The van der Waals surface area contributed by atoms with E-state index in [9.17, 15) is 13.7 Å². The van der Waals surface area contributed by atoms with E-state index in [1.807, 2.05) is 0 Å². The lowest BCUT2D eigenvalue weighted by molar-refractivity contribution is 0.276. The van der Waals surface area contributed by atoms with Crippen molar-refractivity contribution in [2.75, 3.05) is 7.05 Å². The molecule has 0 unspecified atom stereocenters. The van der Waals surface area contributed by atoms with E-state index in [0.29, 0.717) is 23.9 Å². The molecule has 1 aromatic heterocycles. The lowest BCUT2D eigenvalue weighted by Crippen LogP contribution is -2.48. The highest BCUT2D eigenvalue weighted by atomic mass is 32.2. The zero-order valence-electron chi connectivity index (χ0n) is 14.8. The van der Waals surface area contributed by atoms with Crippen LogP contribution in [-0.2, 0) is 16.6 Å². The van der Waals surface area contributed by atoms with E-state index in [-0.39, 0.29) is 10.8 Å². The van der Waals surface area contributed by atoms with Crippen LogP contribution in [0.15, 0.2) is 4.90 Å². The predicted octanol–water partition coefficient (Wildman–Crippen LogP) is 2.47. The molecule has 1 heterocycles. The minimum atomic E-state index is -3.76. The molecule has 1 aliphatic carbocycles. The van der Waals surface area contributed by atoms with Crippen molar-refractivity contribution in [3.63, 3.8) is 0 Å². The number of hydrogen-bond donors (Lipinski definition) is 0. The fourth-order valence-electron chi connectivity index (χ4n) is 3.03. The van der Waals surface area contributed by atoms with Gasteiger partial charge in [0.1, 0.15) is 10.4 Å². The van der Waals surface area contributed by atoms with Gasteiger partial charge in [-0.25, -0.2) is 8.42 Å². The van der Waals surface area contributed by atoms with E-state index >= 15 is 0 Å². The minimum Gasteiger partial charge on any atom is -0.268 e. The van der Waals surface area contributed by atoms with Crippen molar-refractivity contribution < 1.29 is 8.42 Å². The molecule has 128 valence electrons. The monoisotopic (exact) mass is 338 g/mol. The van der Waals surface area contributed by atoms with E-state index < -0.39 is 15.6 Å². The summed E-state index contributed by atoms with van der Waals surface area (Å²) in [6.45, 7) is 10.0. The third-order valence-corrected chi connectivity index (χ3v) is 6.93. The van der Waals surface area contributed by atoms with Crippen LogP contribution in [0.4, 0.5) is 0 Å². The second-order valence-electron chi connectivity index (χ2n) is 7.08. The molecular formula is C16H26N4O2S. The Bertz CT molecular complexity index is 741. The number of nitrogens with zero attached hydrogens (tertiary/aromatic N) is 4. The topological polar surface area (TPSA) is 79.0 Å². The largest absolute Gasteiger partial charge is 0.268 e. The van der Waals surface area contributed by atoms with Crippen molar-refractivity contribution in [2.45, 2.75) is 64.4 Å². The summed E-state index contributed by atoms with van der Waals surface area (Å²) in [6, 6.07) is 2.21. The molecule has 0 radical (unpaired) electrons. The van der Waals surface area contributed by atoms with Gasteiger partial charge in [0, 0.05) is 13.6 Å². The average molecular weight is 338 g/mol. The zero-order valence-corrected chi connectivity index (χ0v) is 15.6. The SMILES string of the molecule is Cc1nn(CC(C)C)c(C)c1S(=O)(=O)N(C)[C@@](C)(C#N)C1CC1. The third kappa shape index (κ3) is 3.02. The fraction of sp³-hybridized carbons (Fsp3) is 0.750. The van der Waals surface area contributed by atoms with Crippen molar-refractivity contribution in [3.05, 3.63) is 11.4 Å². The molecule has 1 saturated carbocycles. The first-order valence-electron chi connectivity index (χ1n) is 8.00. The molecule has 0 N–H and O–H groups in total. The summed E-state index contributed by atoms with van der Waals surface area (Å²) in [5.41, 5.74) is 0.128. The molecule has 1 fully saturated rings. The lowest BCUT2D eigenvalue weighted by Gasteiger charge is -2.32. The van der Waals surface area contributed by atoms with E-state index in [2.05, 4.69) is 25.0 Å². The van der Waals surface area contributed by atoms with E-state index in [4.69, 9.17) is 0 Å². The molecule has 1 atom stereocenters. The smallest absolute Gasteiger partial charge is 0.247 e. The molecule has 0 saturated heterocycles. The van der Waals surface area contributed by atoms with E-state index in [1.54, 1.807) is 25.5 Å². The van der Waals surface area contributed by atoms with Crippen molar-refractivity contribution >= 4 is 10.0 Å². The van der Waals surface area contributed by atoms with Gasteiger partial charge in [-0.1, -0.05) is 13.8 Å². The number of aryl methyl sites for hydroxylation is 1. The van der Waals surface area contributed by atoms with Crippen LogP contribution in [0.3, 0.4) is 0 Å². The second-order valence-corrected chi connectivity index (χ2v) is 8.99. The Morgan fingerprint density at radius 1 is 1.43 bits per heavy atom. The molecule has 1 aliphatic rings. The fourth-order valence-corrected chi connectivity index (χ4v) is 4.88. The summed E-state index contributed by atoms with van der Waals surface area (Å²) < 4.78 is 29.3. The molecule has 0 aromatic carbocycles. The summed E-state index contributed by atoms with van der Waals surface area (Å²) in [6.07, 6.45) is 1.79. The van der Waals surface area contributed by atoms with Gasteiger partial charge in [0.05, 0.1) is 17.5 Å². The highest BCUT2D eigenvalue weighted by Crippen LogP contribution is 2.44. The highest BCUT2D eigenvalue weighted by Gasteiger charge is 2.50. The van der Waals surface area contributed by atoms with Crippen molar-refractivity contribution in [1.82, 2.24) is 14.1 Å². The van der Waals surface area contributed by atoms with E-state index in [1.165, 1.54) is 11.4 Å². The summed E-state index contributed by atoms with van der Waals surface area (Å²) in [4.78, 5) is 0.239. The standard InChI is InChI=1S/C16H26N4O2S/c1-11(2)9-20-13(4)15(12(3)18-20)23(21,22)19(6)16(5,10-17)14-7-8-14/h11,14H,7-9H2,1-6H3/t16-/m0/s1. The number of aromatic nitrogens is 2. The maximum Gasteiger partial charge on any atom is 0.247 e. The van der Waals surface area contributed by atoms with Gasteiger partial charge in [-0.2, -0.15) is 14.7 Å². The number of nitriles is 1. The summed E-state index contributed by atoms with van der Waals surface area (Å²) in [5.74, 6) is 0.482. The first-order chi connectivity index (χ1) is 10.6. The molecule has 0 bridgehead atoms. The number of rotatable bonds is 6. The van der Waals surface area contributed by atoms with Crippen LogP contribution in [0.25, 0.3) is 0 Å². The number of hydrogen-bond acceptors (Lipinski definition) is 4. The van der Waals surface area contributed by atoms with Crippen LogP contribution >= 0.6 is 0 Å². The Labute approximate surface area is 139 Å². The highest BCUT2D eigenvalue weighted by molar-refractivity contribution is 7.89. The molecule has 6 nitrogen and oxygen atoms in total. The molecule has 0 spiro atoms. The van der Waals surface area contributed by atoms with Crippen LogP contribution < -0.4 is 0 Å². The van der Waals surface area contributed by atoms with Crippen LogP contribution in [0.1, 0.15) is 45.0 Å². The van der Waals surface area contributed by atoms with Gasteiger partial charge in [0.25, 0.3) is 0 Å². The van der Waals surface area contributed by atoms with Crippen molar-refractivity contribution in [3.8, 4) is 6.07 Å². The van der Waals surface area contributed by atoms with Gasteiger partial charge in [0.2, 0.25) is 10.0 Å². The maximum atomic E-state index is 13.1. The van der Waals surface area contributed by atoms with Gasteiger partial charge in [-0.15, -0.1) is 0 Å². The van der Waals surface area contributed by atoms with E-state index in [0.717, 1.165) is 12.8 Å². The molecule has 1 aromatic rings. The van der Waals surface area contributed by atoms with Crippen LogP contribution in [0.5, 0.6) is 0 Å². The Kier molecular flexibility index (Phi) is 4.62. The minimum absolute atomic E-state index is 0.110. The van der Waals surface area contributed by atoms with Crippen LogP contribution in [0.2, 0.25) is 0 Å². The van der Waals surface area contributed by atoms with Crippen molar-refractivity contribution in [2.24, 2.45) is 11.8 Å². The van der Waals surface area contributed by atoms with Gasteiger partial charge in [0.15, 0.2) is 0 Å². The second kappa shape index (κ2) is 5.91. The average Bonchev–Trinajstić information content (AvgIpc) is 3.25. The summed E-state index contributed by atoms with van der Waals surface area (Å²) in [5, 5.41) is 14.0. The van der Waals surface area contributed by atoms with Gasteiger partial charge < -0.3 is 0 Å². The third-order valence-electron chi connectivity index (χ3n) is 4.72. The Hall–Kier alpha value is -1.39. The lowest BCUT2D eigenvalue weighted by atomic mass is 9.99. The molecule has 23 heavy (non-hydrogen) atoms. The summed E-state index contributed by atoms with van der Waals surface area (Å²) >= 11 is 0. The Morgan fingerprint density at radius 2 is 2.00 bits per heavy atom. The quantitative estimate of drug-likeness (QED) is 0.798. The van der Waals surface area contributed by atoms with Crippen LogP contribution in [-0.4, -0.2) is 35.1 Å². The van der Waals surface area contributed by atoms with Crippen molar-refractivity contribution in [1.29, 1.82) is 5.26 Å². The Morgan fingerprint density at radius 3 is 2.43 bits per heavy atom. The molecular weight excluding hydrogens is 312 g/mol. The molecule has 0 aliphatic heterocycles. The van der Waals surface area contributed by atoms with Gasteiger partial charge in [-0.3, -0.25) is 4.68 Å². The molecule has 2 rings (SSSR count). The predicted molar refractivity (Wildman–Crippen MR) is 88.2 cm³/mol. The molecule has 7 heteroatoms. The number of sulfonamides is 1. The summed E-state index contributed by atoms with van der Waals surface area (Å²) in [7, 11) is -2.25. The van der Waals surface area contributed by atoms with Gasteiger partial charge >= 0.3 is 0 Å². The van der Waals surface area contributed by atoms with Crippen LogP contribution in [0, 0.1) is 37.0 Å². The molecule has 0 amide bonds. The Balaban J connectivity index is 2.48. The normalized spacial score (nSPS) is 18.2. The maximum absolute atomic E-state index is 13.1. The first-order valence-corrected chi connectivity index (χ1v) is 9.44.